The van der Waals surface area contributed by atoms with Gasteiger partial charge < -0.3 is 0 Å². The number of rotatable bonds is 2. The van der Waals surface area contributed by atoms with Gasteiger partial charge in [-0.2, -0.15) is 17.7 Å². The van der Waals surface area contributed by atoms with Crippen LogP contribution in [0.4, 0.5) is 0 Å². The van der Waals surface area contributed by atoms with Crippen molar-refractivity contribution >= 4 is 24.8 Å². The van der Waals surface area contributed by atoms with Gasteiger partial charge in [-0.25, -0.2) is 18.2 Å². The van der Waals surface area contributed by atoms with Crippen molar-refractivity contribution in [1.29, 1.82) is 0 Å². The molecule has 0 bridgehead atoms. The summed E-state index contributed by atoms with van der Waals surface area (Å²) in [6.07, 6.45) is 28.9. The van der Waals surface area contributed by atoms with E-state index in [9.17, 15) is 0 Å². The Labute approximate surface area is 168 Å². The van der Waals surface area contributed by atoms with Gasteiger partial charge >= 0.3 is 26.2 Å². The second-order valence-corrected chi connectivity index (χ2v) is 5.76. The number of hydrogen-bond acceptors (Lipinski definition) is 0. The summed E-state index contributed by atoms with van der Waals surface area (Å²) in [5.74, 6) is 0. The van der Waals surface area contributed by atoms with Gasteiger partial charge in [-0.15, -0.1) is 37.7 Å². The molecule has 3 rings (SSSR count). The van der Waals surface area contributed by atoms with E-state index in [0.717, 1.165) is 12.8 Å². The van der Waals surface area contributed by atoms with Crippen molar-refractivity contribution in [2.24, 2.45) is 5.41 Å². The smallest absolute Gasteiger partial charge is 0.273 e. The monoisotopic (exact) mass is 416 g/mol. The Hall–Kier alpha value is 0.423. The van der Waals surface area contributed by atoms with Gasteiger partial charge in [-0.05, 0) is 0 Å². The predicted octanol–water partition coefficient (Wildman–Crippen LogP) is 6.57. The summed E-state index contributed by atoms with van der Waals surface area (Å²) in [4.78, 5) is 0. The van der Waals surface area contributed by atoms with Gasteiger partial charge in [-0.1, -0.05) is 57.3 Å². The van der Waals surface area contributed by atoms with Crippen LogP contribution in [-0.4, -0.2) is 0 Å². The molecule has 122 valence electrons. The first-order chi connectivity index (χ1) is 9.37. The van der Waals surface area contributed by atoms with Crippen LogP contribution in [0.3, 0.4) is 0 Å². The molecule has 0 aromatic heterocycles. The van der Waals surface area contributed by atoms with Crippen LogP contribution in [0.2, 0.25) is 0 Å². The maximum Gasteiger partial charge on any atom is 2.00 e. The van der Waals surface area contributed by atoms with Crippen molar-refractivity contribution in [3.05, 3.63) is 48.1 Å². The van der Waals surface area contributed by atoms with E-state index in [2.05, 4.69) is 37.3 Å². The first-order valence-corrected chi connectivity index (χ1v) is 7.86. The molecule has 0 saturated heterocycles. The summed E-state index contributed by atoms with van der Waals surface area (Å²) in [5, 5.41) is 0. The number of halogens is 2. The normalized spacial score (nSPS) is 20.5. The average molecular weight is 419 g/mol. The molecule has 1 fully saturated rings. The molecule has 0 aromatic carbocycles. The second kappa shape index (κ2) is 13.8. The van der Waals surface area contributed by atoms with Crippen LogP contribution in [0.25, 0.3) is 0 Å². The molecule has 3 heteroatoms. The second-order valence-electron chi connectivity index (χ2n) is 5.76. The summed E-state index contributed by atoms with van der Waals surface area (Å²) < 4.78 is 0. The number of allylic oxidation sites excluding steroid dienone is 8. The number of hydrogen-bond donors (Lipinski definition) is 0. The molecule has 3 aliphatic carbocycles. The first kappa shape index (κ1) is 24.7. The van der Waals surface area contributed by atoms with Crippen LogP contribution >= 0.6 is 24.8 Å². The van der Waals surface area contributed by atoms with Crippen LogP contribution in [0.1, 0.15) is 64.7 Å². The molecule has 0 heterocycles. The third kappa shape index (κ3) is 7.33. The van der Waals surface area contributed by atoms with E-state index < -0.39 is 0 Å². The van der Waals surface area contributed by atoms with Crippen LogP contribution in [-0.2, 0) is 26.2 Å². The van der Waals surface area contributed by atoms with E-state index in [1.165, 1.54) is 44.9 Å². The predicted molar refractivity (Wildman–Crippen MR) is 97.0 cm³/mol. The third-order valence-electron chi connectivity index (χ3n) is 4.63. The first-order valence-electron chi connectivity index (χ1n) is 7.86. The molecule has 3 aliphatic rings. The zero-order valence-corrected chi connectivity index (χ0v) is 17.7. The molecule has 0 aliphatic heterocycles. The Kier molecular flexibility index (Phi) is 15.5. The summed E-state index contributed by atoms with van der Waals surface area (Å²) in [6.45, 7) is 2.36. The van der Waals surface area contributed by atoms with E-state index in [0.29, 0.717) is 5.41 Å². The quantitative estimate of drug-likeness (QED) is 0.351. The van der Waals surface area contributed by atoms with Gasteiger partial charge in [-0.3, -0.25) is 12.2 Å². The van der Waals surface area contributed by atoms with Crippen LogP contribution in [0.15, 0.2) is 36.0 Å². The van der Waals surface area contributed by atoms with Crippen molar-refractivity contribution < 1.29 is 26.2 Å². The van der Waals surface area contributed by atoms with Crippen molar-refractivity contribution in [3.8, 4) is 0 Å². The molecule has 0 amide bonds. The van der Waals surface area contributed by atoms with Crippen molar-refractivity contribution in [3.63, 3.8) is 0 Å². The fourth-order valence-electron chi connectivity index (χ4n) is 3.36. The molecule has 0 nitrogen and oxygen atoms in total. The zero-order valence-electron chi connectivity index (χ0n) is 13.6. The van der Waals surface area contributed by atoms with E-state index >= 15 is 0 Å². The van der Waals surface area contributed by atoms with Gasteiger partial charge in [0.15, 0.2) is 0 Å². The third-order valence-corrected chi connectivity index (χ3v) is 4.63. The van der Waals surface area contributed by atoms with Gasteiger partial charge in [0.1, 0.15) is 0 Å². The van der Waals surface area contributed by atoms with E-state index in [1.54, 1.807) is 5.57 Å². The molecule has 1 saturated carbocycles. The maximum atomic E-state index is 3.33. The molecule has 0 N–H and O–H groups in total. The molecule has 0 unspecified atom stereocenters. The Morgan fingerprint density at radius 2 is 1.68 bits per heavy atom. The Balaban J connectivity index is 0. The van der Waals surface area contributed by atoms with Crippen LogP contribution < -0.4 is 0 Å². The SMILES string of the molecule is CCC1(C2=CC[C-]=C2)CCCCCC1.Cl.Cl.[C-]1=CC=CC1.[Zr+2]. The molecule has 0 atom stereocenters. The summed E-state index contributed by atoms with van der Waals surface area (Å²) in [6, 6.07) is 0. The minimum Gasteiger partial charge on any atom is -0.273 e. The molecule has 22 heavy (non-hydrogen) atoms. The Morgan fingerprint density at radius 1 is 1.00 bits per heavy atom. The summed E-state index contributed by atoms with van der Waals surface area (Å²) >= 11 is 0. The maximum absolute atomic E-state index is 3.33. The average Bonchev–Trinajstić information content (AvgIpc) is 3.13. The van der Waals surface area contributed by atoms with Gasteiger partial charge in [0.25, 0.3) is 0 Å². The van der Waals surface area contributed by atoms with Gasteiger partial charge in [0.2, 0.25) is 0 Å². The summed E-state index contributed by atoms with van der Waals surface area (Å²) in [7, 11) is 0. The van der Waals surface area contributed by atoms with Gasteiger partial charge in [0.05, 0.1) is 0 Å². The minimum atomic E-state index is 0. The Morgan fingerprint density at radius 3 is 2.05 bits per heavy atom. The van der Waals surface area contributed by atoms with E-state index in [1.807, 2.05) is 12.2 Å². The fraction of sp³-hybridized carbons (Fsp3) is 0.579. The Bertz CT molecular complexity index is 376. The van der Waals surface area contributed by atoms with Crippen LogP contribution in [0, 0.1) is 17.6 Å². The standard InChI is InChI=1S/C14H21.C5H5.2ClH.Zr/c1-2-14(13-9-5-6-10-13)11-7-3-4-8-12-14;1-2-4-5-3-1;;;/h9-10H,2-5,7-8,11-12H2,1H3;1-3H,4H2;2*1H;/q2*-1;;;+2. The van der Waals surface area contributed by atoms with Crippen molar-refractivity contribution in [1.82, 2.24) is 0 Å². The molecule has 0 radical (unpaired) electrons. The zero-order chi connectivity index (χ0) is 13.4. The van der Waals surface area contributed by atoms with Crippen molar-refractivity contribution in [2.45, 2.75) is 64.7 Å². The molecule has 0 aromatic rings. The molecular weight excluding hydrogens is 390 g/mol. The molecular formula is C19H28Cl2Zr. The van der Waals surface area contributed by atoms with Crippen molar-refractivity contribution in [2.75, 3.05) is 0 Å². The van der Waals surface area contributed by atoms with Crippen LogP contribution in [0.5, 0.6) is 0 Å². The van der Waals surface area contributed by atoms with E-state index in [-0.39, 0.29) is 51.0 Å². The van der Waals surface area contributed by atoms with E-state index in [4.69, 9.17) is 0 Å². The molecule has 0 spiro atoms. The topological polar surface area (TPSA) is 0 Å². The summed E-state index contributed by atoms with van der Waals surface area (Å²) in [5.41, 5.74) is 2.13. The largest absolute Gasteiger partial charge is 2.00 e. The fourth-order valence-corrected chi connectivity index (χ4v) is 3.36. The minimum absolute atomic E-state index is 0. The van der Waals surface area contributed by atoms with Gasteiger partial charge in [0, 0.05) is 0 Å².